The number of halogens is 1. The fraction of sp³-hybridized carbons (Fsp3) is 0.692. The summed E-state index contributed by atoms with van der Waals surface area (Å²) in [5.74, 6) is 1.29. The second-order valence-corrected chi connectivity index (χ2v) is 5.20. The molecular formula is C13H22ClN3O. The highest BCUT2D eigenvalue weighted by atomic mass is 35.5. The van der Waals surface area contributed by atoms with Gasteiger partial charge in [-0.3, -0.25) is 0 Å². The molecule has 0 bridgehead atoms. The molecule has 0 aromatic heterocycles. The van der Waals surface area contributed by atoms with Crippen LogP contribution < -0.4 is 0 Å². The van der Waals surface area contributed by atoms with E-state index in [1.54, 1.807) is 6.20 Å². The molecule has 0 atom stereocenters. The highest BCUT2D eigenvalue weighted by molar-refractivity contribution is 6.31. The molecule has 0 aromatic carbocycles. The van der Waals surface area contributed by atoms with Crippen molar-refractivity contribution in [2.75, 3.05) is 6.61 Å². The van der Waals surface area contributed by atoms with Crippen LogP contribution in [0.2, 0.25) is 0 Å². The van der Waals surface area contributed by atoms with Gasteiger partial charge in [0.1, 0.15) is 0 Å². The van der Waals surface area contributed by atoms with Gasteiger partial charge in [-0.2, -0.15) is 4.99 Å². The lowest BCUT2D eigenvalue weighted by molar-refractivity contribution is 0.286. The first-order valence-corrected chi connectivity index (χ1v) is 6.74. The quantitative estimate of drug-likeness (QED) is 0.789. The number of guanidine groups is 1. The molecule has 0 saturated carbocycles. The van der Waals surface area contributed by atoms with Crippen molar-refractivity contribution in [3.63, 3.8) is 0 Å². The molecule has 1 aliphatic rings. The van der Waals surface area contributed by atoms with Crippen LogP contribution >= 0.6 is 11.6 Å². The molecule has 0 aromatic rings. The number of nitrogens with zero attached hydrogens (tertiary/aromatic N) is 3. The molecule has 0 fully saturated rings. The van der Waals surface area contributed by atoms with Crippen LogP contribution in [0.15, 0.2) is 21.2 Å². The number of rotatable bonds is 3. The van der Waals surface area contributed by atoms with Crippen molar-refractivity contribution in [1.82, 2.24) is 4.90 Å². The van der Waals surface area contributed by atoms with Gasteiger partial charge in [-0.1, -0.05) is 11.6 Å². The van der Waals surface area contributed by atoms with Gasteiger partial charge in [0.15, 0.2) is 5.90 Å². The molecule has 5 heteroatoms. The molecule has 0 radical (unpaired) electrons. The summed E-state index contributed by atoms with van der Waals surface area (Å²) in [6.45, 7) is 11.0. The molecule has 0 spiro atoms. The summed E-state index contributed by atoms with van der Waals surface area (Å²) in [6, 6.07) is 0.640. The van der Waals surface area contributed by atoms with E-state index in [1.807, 2.05) is 6.92 Å². The molecule has 0 aliphatic carbocycles. The summed E-state index contributed by atoms with van der Waals surface area (Å²) in [7, 11) is 0. The fourth-order valence-electron chi connectivity index (χ4n) is 1.93. The Bertz CT molecular complexity index is 364. The smallest absolute Gasteiger partial charge is 0.228 e. The molecule has 1 heterocycles. The maximum absolute atomic E-state index is 6.06. The summed E-state index contributed by atoms with van der Waals surface area (Å²) < 4.78 is 5.49. The van der Waals surface area contributed by atoms with Gasteiger partial charge in [0, 0.05) is 23.3 Å². The second-order valence-electron chi connectivity index (χ2n) is 4.72. The Hall–Kier alpha value is -1.03. The number of aliphatic imine (C=N–C) groups is 2. The topological polar surface area (TPSA) is 37.2 Å². The summed E-state index contributed by atoms with van der Waals surface area (Å²) in [4.78, 5) is 11.0. The maximum Gasteiger partial charge on any atom is 0.228 e. The van der Waals surface area contributed by atoms with E-state index in [0.717, 1.165) is 0 Å². The average Bonchev–Trinajstić information content (AvgIpc) is 2.40. The van der Waals surface area contributed by atoms with Crippen LogP contribution in [0.25, 0.3) is 0 Å². The number of hydrogen-bond donors (Lipinski definition) is 0. The predicted octanol–water partition coefficient (Wildman–Crippen LogP) is 3.38. The van der Waals surface area contributed by atoms with Gasteiger partial charge in [0.2, 0.25) is 5.96 Å². The molecule has 102 valence electrons. The minimum atomic E-state index is 0.320. The standard InChI is InChI=1S/C13H22ClN3O/c1-6-18-12-7-11(14)8-15-13(16-12)17(9(2)3)10(4)5/h8-10H,6-7H2,1-5H3. The molecule has 0 saturated heterocycles. The van der Waals surface area contributed by atoms with Crippen molar-refractivity contribution < 1.29 is 4.74 Å². The summed E-state index contributed by atoms with van der Waals surface area (Å²) >= 11 is 6.06. The molecule has 1 aliphatic heterocycles. The lowest BCUT2D eigenvalue weighted by atomic mass is 10.2. The molecule has 0 unspecified atom stereocenters. The van der Waals surface area contributed by atoms with Crippen LogP contribution in [0, 0.1) is 0 Å². The minimum Gasteiger partial charge on any atom is -0.481 e. The maximum atomic E-state index is 6.06. The summed E-state index contributed by atoms with van der Waals surface area (Å²) in [5, 5.41) is 0.643. The minimum absolute atomic E-state index is 0.320. The average molecular weight is 272 g/mol. The van der Waals surface area contributed by atoms with Crippen LogP contribution in [0.3, 0.4) is 0 Å². The Balaban J connectivity index is 3.06. The van der Waals surface area contributed by atoms with Gasteiger partial charge in [0.05, 0.1) is 13.0 Å². The van der Waals surface area contributed by atoms with E-state index in [0.29, 0.717) is 42.0 Å². The van der Waals surface area contributed by atoms with Crippen molar-refractivity contribution >= 4 is 23.5 Å². The molecule has 1 rings (SSSR count). The Labute approximate surface area is 114 Å². The molecular weight excluding hydrogens is 250 g/mol. The van der Waals surface area contributed by atoms with Gasteiger partial charge in [-0.25, -0.2) is 4.99 Å². The Morgan fingerprint density at radius 2 is 1.94 bits per heavy atom. The molecule has 0 amide bonds. The predicted molar refractivity (Wildman–Crippen MR) is 77.2 cm³/mol. The van der Waals surface area contributed by atoms with Crippen molar-refractivity contribution in [2.45, 2.75) is 53.1 Å². The zero-order valence-electron chi connectivity index (χ0n) is 11.8. The van der Waals surface area contributed by atoms with Crippen LogP contribution in [-0.4, -0.2) is 35.4 Å². The van der Waals surface area contributed by atoms with E-state index in [-0.39, 0.29) is 0 Å². The van der Waals surface area contributed by atoms with Crippen LogP contribution in [0.5, 0.6) is 0 Å². The van der Waals surface area contributed by atoms with E-state index >= 15 is 0 Å². The molecule has 0 N–H and O–H groups in total. The highest BCUT2D eigenvalue weighted by Gasteiger charge is 2.20. The first-order chi connectivity index (χ1) is 8.45. The van der Waals surface area contributed by atoms with Gasteiger partial charge >= 0.3 is 0 Å². The first-order valence-electron chi connectivity index (χ1n) is 6.36. The zero-order chi connectivity index (χ0) is 13.7. The summed E-state index contributed by atoms with van der Waals surface area (Å²) in [5.41, 5.74) is 0. The summed E-state index contributed by atoms with van der Waals surface area (Å²) in [6.07, 6.45) is 2.16. The van der Waals surface area contributed by atoms with Crippen LogP contribution in [-0.2, 0) is 4.74 Å². The van der Waals surface area contributed by atoms with Crippen molar-refractivity contribution in [3.05, 3.63) is 11.2 Å². The third-order valence-electron chi connectivity index (χ3n) is 2.52. The lowest BCUT2D eigenvalue weighted by Gasteiger charge is -2.31. The van der Waals surface area contributed by atoms with Crippen molar-refractivity contribution in [2.24, 2.45) is 9.98 Å². The van der Waals surface area contributed by atoms with E-state index in [4.69, 9.17) is 16.3 Å². The van der Waals surface area contributed by atoms with Crippen LogP contribution in [0.4, 0.5) is 0 Å². The van der Waals surface area contributed by atoms with Gasteiger partial charge < -0.3 is 9.64 Å². The van der Waals surface area contributed by atoms with E-state index in [2.05, 4.69) is 42.6 Å². The largest absolute Gasteiger partial charge is 0.481 e. The number of hydrogen-bond acceptors (Lipinski definition) is 4. The molecule has 18 heavy (non-hydrogen) atoms. The Morgan fingerprint density at radius 1 is 1.33 bits per heavy atom. The SMILES string of the molecule is CCOC1=NC(N(C(C)C)C(C)C)=NC=C(Cl)C1. The van der Waals surface area contributed by atoms with Gasteiger partial charge in [-0.05, 0) is 34.6 Å². The van der Waals surface area contributed by atoms with E-state index < -0.39 is 0 Å². The third-order valence-corrected chi connectivity index (χ3v) is 2.75. The molecule has 4 nitrogen and oxygen atoms in total. The van der Waals surface area contributed by atoms with Gasteiger partial charge in [0.25, 0.3) is 0 Å². The normalized spacial score (nSPS) is 16.1. The fourth-order valence-corrected chi connectivity index (χ4v) is 2.09. The lowest BCUT2D eigenvalue weighted by Crippen LogP contribution is -2.41. The Kier molecular flexibility index (Phi) is 5.66. The van der Waals surface area contributed by atoms with E-state index in [9.17, 15) is 0 Å². The second kappa shape index (κ2) is 6.78. The van der Waals surface area contributed by atoms with Crippen molar-refractivity contribution in [3.8, 4) is 0 Å². The number of ether oxygens (including phenoxy) is 1. The highest BCUT2D eigenvalue weighted by Crippen LogP contribution is 2.16. The monoisotopic (exact) mass is 271 g/mol. The Morgan fingerprint density at radius 3 is 2.44 bits per heavy atom. The van der Waals surface area contributed by atoms with E-state index in [1.165, 1.54) is 0 Å². The first kappa shape index (κ1) is 15.0. The van der Waals surface area contributed by atoms with Crippen LogP contribution in [0.1, 0.15) is 41.0 Å². The zero-order valence-corrected chi connectivity index (χ0v) is 12.5. The van der Waals surface area contributed by atoms with Gasteiger partial charge in [-0.15, -0.1) is 0 Å². The third kappa shape index (κ3) is 4.02. The van der Waals surface area contributed by atoms with Crippen molar-refractivity contribution in [1.29, 1.82) is 0 Å².